The van der Waals surface area contributed by atoms with E-state index in [4.69, 9.17) is 31.9 Å². The lowest BCUT2D eigenvalue weighted by atomic mass is 9.96. The lowest BCUT2D eigenvalue weighted by Crippen LogP contribution is -2.48. The summed E-state index contributed by atoms with van der Waals surface area (Å²) in [7, 11) is 0. The number of aliphatic hydroxyl groups excluding tert-OH is 4. The number of amides is 2. The summed E-state index contributed by atoms with van der Waals surface area (Å²) >= 11 is 8.15. The minimum atomic E-state index is -1.60. The number of rotatable bonds is 20. The maximum Gasteiger partial charge on any atom is 0.237 e. The van der Waals surface area contributed by atoms with Gasteiger partial charge in [-0.3, -0.25) is 14.6 Å². The van der Waals surface area contributed by atoms with E-state index in [0.29, 0.717) is 23.8 Å². The van der Waals surface area contributed by atoms with Gasteiger partial charge >= 0.3 is 0 Å². The predicted octanol–water partition coefficient (Wildman–Crippen LogP) is 3.80. The quantitative estimate of drug-likeness (QED) is 0.0856. The minimum Gasteiger partial charge on any atom is -0.490 e. The Morgan fingerprint density at radius 3 is 2.57 bits per heavy atom. The Morgan fingerprint density at radius 2 is 1.86 bits per heavy atom. The first-order valence-electron chi connectivity index (χ1n) is 16.6. The molecule has 2 aliphatic rings. The Bertz CT molecular complexity index is 1590. The molecule has 3 atom stereocenters. The van der Waals surface area contributed by atoms with Gasteiger partial charge in [0.25, 0.3) is 0 Å². The van der Waals surface area contributed by atoms with Crippen molar-refractivity contribution in [3.63, 3.8) is 0 Å². The van der Waals surface area contributed by atoms with Gasteiger partial charge in [-0.25, -0.2) is 0 Å². The average molecular weight is 714 g/mol. The number of halogens is 1. The SMILES string of the molecule is NC(=O)CN(CC(O)C(O)C(O)CCO)C(=O)CCCSc1ccc(Cl)c(COC2(c3cnccc3-c3ccccc3OC3CC3)CC2)c1. The summed E-state index contributed by atoms with van der Waals surface area (Å²) in [4.78, 5) is 30.9. The molecule has 2 fully saturated rings. The molecule has 49 heavy (non-hydrogen) atoms. The number of pyridine rings is 1. The number of ether oxygens (including phenoxy) is 2. The summed E-state index contributed by atoms with van der Waals surface area (Å²) in [6.45, 7) is -0.895. The molecule has 264 valence electrons. The zero-order valence-corrected chi connectivity index (χ0v) is 28.8. The zero-order chi connectivity index (χ0) is 35.0. The van der Waals surface area contributed by atoms with E-state index in [1.807, 2.05) is 48.7 Å². The molecule has 2 amide bonds. The number of carbonyl (C=O) groups is 2. The zero-order valence-electron chi connectivity index (χ0n) is 27.2. The van der Waals surface area contributed by atoms with Crippen molar-refractivity contribution in [1.82, 2.24) is 9.88 Å². The first kappa shape index (κ1) is 37.0. The van der Waals surface area contributed by atoms with Crippen LogP contribution in [0.15, 0.2) is 65.8 Å². The van der Waals surface area contributed by atoms with E-state index in [2.05, 4.69) is 11.1 Å². The van der Waals surface area contributed by atoms with Crippen molar-refractivity contribution in [3.05, 3.63) is 77.1 Å². The number of hydrogen-bond donors (Lipinski definition) is 5. The highest BCUT2D eigenvalue weighted by molar-refractivity contribution is 7.99. The Labute approximate surface area is 295 Å². The second-order valence-corrected chi connectivity index (χ2v) is 14.2. The number of nitrogens with two attached hydrogens (primary N) is 1. The van der Waals surface area contributed by atoms with Crippen molar-refractivity contribution < 1.29 is 39.5 Å². The topological polar surface area (TPSA) is 176 Å². The van der Waals surface area contributed by atoms with Gasteiger partial charge in [-0.2, -0.15) is 0 Å². The fourth-order valence-electron chi connectivity index (χ4n) is 5.63. The lowest BCUT2D eigenvalue weighted by Gasteiger charge is -2.28. The molecule has 3 unspecified atom stereocenters. The molecular formula is C36H44ClN3O8S. The van der Waals surface area contributed by atoms with Gasteiger partial charge in [0.05, 0.1) is 37.1 Å². The summed E-state index contributed by atoms with van der Waals surface area (Å²) in [5.41, 5.74) is 8.78. The van der Waals surface area contributed by atoms with Crippen LogP contribution in [0.5, 0.6) is 5.75 Å². The maximum absolute atomic E-state index is 12.9. The average Bonchev–Trinajstić information content (AvgIpc) is 4.04. The number of aromatic nitrogens is 1. The van der Waals surface area contributed by atoms with Gasteiger partial charge in [-0.05, 0) is 85.7 Å². The molecule has 2 saturated carbocycles. The van der Waals surface area contributed by atoms with Crippen LogP contribution in [0.2, 0.25) is 5.02 Å². The molecule has 1 heterocycles. The number of benzene rings is 2. The molecule has 0 saturated heterocycles. The Hall–Kier alpha value is -3.23. The third-order valence-corrected chi connectivity index (χ3v) is 10.1. The summed E-state index contributed by atoms with van der Waals surface area (Å²) in [6, 6.07) is 15.8. The van der Waals surface area contributed by atoms with E-state index < -0.39 is 42.3 Å². The third-order valence-electron chi connectivity index (χ3n) is 8.66. The number of carbonyl (C=O) groups excluding carboxylic acids is 2. The highest BCUT2D eigenvalue weighted by Gasteiger charge is 2.48. The van der Waals surface area contributed by atoms with Gasteiger partial charge in [-0.1, -0.05) is 29.8 Å². The molecule has 13 heteroatoms. The van der Waals surface area contributed by atoms with Crippen LogP contribution >= 0.6 is 23.4 Å². The summed E-state index contributed by atoms with van der Waals surface area (Å²) in [5, 5.41) is 39.9. The molecule has 11 nitrogen and oxygen atoms in total. The summed E-state index contributed by atoms with van der Waals surface area (Å²) < 4.78 is 12.8. The molecule has 0 radical (unpaired) electrons. The minimum absolute atomic E-state index is 0.0800. The van der Waals surface area contributed by atoms with Crippen molar-refractivity contribution in [2.45, 2.75) is 86.5 Å². The van der Waals surface area contributed by atoms with Crippen LogP contribution in [0.3, 0.4) is 0 Å². The second kappa shape index (κ2) is 17.1. The van der Waals surface area contributed by atoms with Gasteiger partial charge in [0, 0.05) is 53.0 Å². The van der Waals surface area contributed by atoms with Crippen LogP contribution < -0.4 is 10.5 Å². The lowest BCUT2D eigenvalue weighted by molar-refractivity contribution is -0.139. The molecule has 0 aliphatic heterocycles. The summed E-state index contributed by atoms with van der Waals surface area (Å²) in [6.07, 6.45) is 3.75. The second-order valence-electron chi connectivity index (χ2n) is 12.6. The molecule has 1 aromatic heterocycles. The van der Waals surface area contributed by atoms with Crippen LogP contribution in [0.4, 0.5) is 0 Å². The normalized spacial score (nSPS) is 16.8. The van der Waals surface area contributed by atoms with Gasteiger partial charge in [0.2, 0.25) is 11.8 Å². The van der Waals surface area contributed by atoms with Crippen LogP contribution in [-0.4, -0.2) is 92.0 Å². The molecule has 5 rings (SSSR count). The van der Waals surface area contributed by atoms with Crippen molar-refractivity contribution >= 4 is 35.2 Å². The molecule has 0 spiro atoms. The standard InChI is InChI=1S/C36H44ClN3O8S/c37-29-10-9-25(49-17-3-6-34(45)40(21-33(38)44)20-31(43)35(46)30(42)12-16-41)18-23(29)22-47-36(13-14-36)28-19-39-15-11-26(28)27-4-1-2-5-32(27)48-24-7-8-24/h1-2,4-5,9-11,15,18-19,24,30-31,35,41-43,46H,3,6-8,12-14,16-17,20-22H2,(H2,38,44). The van der Waals surface area contributed by atoms with Gasteiger partial charge < -0.3 is 40.5 Å². The van der Waals surface area contributed by atoms with E-state index in [9.17, 15) is 24.9 Å². The largest absolute Gasteiger partial charge is 0.490 e. The number of primary amides is 1. The van der Waals surface area contributed by atoms with E-state index >= 15 is 0 Å². The molecule has 6 N–H and O–H groups in total. The van der Waals surface area contributed by atoms with E-state index in [1.165, 1.54) is 0 Å². The smallest absolute Gasteiger partial charge is 0.237 e. The number of hydrogen-bond acceptors (Lipinski definition) is 10. The van der Waals surface area contributed by atoms with Gasteiger partial charge in [0.15, 0.2) is 0 Å². The van der Waals surface area contributed by atoms with Crippen LogP contribution in [0, 0.1) is 0 Å². The van der Waals surface area contributed by atoms with Crippen molar-refractivity contribution in [3.8, 4) is 16.9 Å². The maximum atomic E-state index is 12.9. The van der Waals surface area contributed by atoms with Crippen molar-refractivity contribution in [2.24, 2.45) is 5.73 Å². The van der Waals surface area contributed by atoms with Crippen molar-refractivity contribution in [2.75, 3.05) is 25.4 Å². The fraction of sp³-hybridized carbons (Fsp3) is 0.472. The van der Waals surface area contributed by atoms with Crippen molar-refractivity contribution in [1.29, 1.82) is 0 Å². The fourth-order valence-corrected chi connectivity index (χ4v) is 6.72. The number of nitrogens with zero attached hydrogens (tertiary/aromatic N) is 2. The number of para-hydroxylation sites is 1. The van der Waals surface area contributed by atoms with E-state index in [1.54, 1.807) is 18.0 Å². The molecule has 2 aliphatic carbocycles. The highest BCUT2D eigenvalue weighted by Crippen LogP contribution is 2.53. The Balaban J connectivity index is 1.16. The number of aliphatic hydroxyl groups is 4. The third kappa shape index (κ3) is 10.2. The van der Waals surface area contributed by atoms with Crippen LogP contribution in [0.1, 0.15) is 56.1 Å². The van der Waals surface area contributed by atoms with E-state index in [-0.39, 0.29) is 32.1 Å². The molecular weight excluding hydrogens is 670 g/mol. The monoisotopic (exact) mass is 713 g/mol. The summed E-state index contributed by atoms with van der Waals surface area (Å²) in [5.74, 6) is 0.271. The Morgan fingerprint density at radius 1 is 1.08 bits per heavy atom. The Kier molecular flexibility index (Phi) is 12.9. The van der Waals surface area contributed by atoms with Gasteiger partial charge in [-0.15, -0.1) is 11.8 Å². The van der Waals surface area contributed by atoms with Crippen LogP contribution in [-0.2, 0) is 26.5 Å². The van der Waals surface area contributed by atoms with Crippen LogP contribution in [0.25, 0.3) is 11.1 Å². The molecule has 0 bridgehead atoms. The number of thioether (sulfide) groups is 1. The predicted molar refractivity (Wildman–Crippen MR) is 186 cm³/mol. The molecule has 3 aromatic rings. The molecule has 2 aromatic carbocycles. The highest BCUT2D eigenvalue weighted by atomic mass is 35.5. The first-order valence-corrected chi connectivity index (χ1v) is 17.9. The van der Waals surface area contributed by atoms with Gasteiger partial charge in [0.1, 0.15) is 11.9 Å². The first-order chi connectivity index (χ1) is 23.6. The van der Waals surface area contributed by atoms with E-state index in [0.717, 1.165) is 63.5 Å².